The lowest BCUT2D eigenvalue weighted by molar-refractivity contribution is 0.462. The number of nitrogens with one attached hydrogen (secondary N) is 1. The Bertz CT molecular complexity index is 547. The molecule has 1 fully saturated rings. The maximum absolute atomic E-state index is 11.5. The Morgan fingerprint density at radius 2 is 2.29 bits per heavy atom. The fourth-order valence-electron chi connectivity index (χ4n) is 2.83. The molecular formula is C11H17N3O2S. The van der Waals surface area contributed by atoms with E-state index in [0.29, 0.717) is 12.2 Å². The molecule has 0 aromatic carbocycles. The monoisotopic (exact) mass is 255 g/mol. The molecule has 0 saturated carbocycles. The van der Waals surface area contributed by atoms with Crippen molar-refractivity contribution in [1.29, 1.82) is 0 Å². The minimum Gasteiger partial charge on any atom is -0.311 e. The van der Waals surface area contributed by atoms with Crippen molar-refractivity contribution in [3.8, 4) is 0 Å². The van der Waals surface area contributed by atoms with E-state index in [1.54, 1.807) is 0 Å². The molecule has 5 nitrogen and oxygen atoms in total. The molecule has 1 saturated heterocycles. The Labute approximate surface area is 101 Å². The number of aryl methyl sites for hydroxylation is 1. The smallest absolute Gasteiger partial charge is 0.152 e. The van der Waals surface area contributed by atoms with E-state index in [1.165, 1.54) is 11.3 Å². The Morgan fingerprint density at radius 1 is 1.47 bits per heavy atom. The first-order chi connectivity index (χ1) is 8.07. The number of hydrogen-bond donors (Lipinski definition) is 1. The van der Waals surface area contributed by atoms with Crippen LogP contribution in [0.15, 0.2) is 0 Å². The summed E-state index contributed by atoms with van der Waals surface area (Å²) in [4.78, 5) is 0. The van der Waals surface area contributed by atoms with Crippen LogP contribution in [0.4, 0.5) is 0 Å². The van der Waals surface area contributed by atoms with E-state index < -0.39 is 9.84 Å². The van der Waals surface area contributed by atoms with Gasteiger partial charge in [-0.15, -0.1) is 0 Å². The third kappa shape index (κ3) is 1.89. The first kappa shape index (κ1) is 11.2. The zero-order chi connectivity index (χ0) is 12.0. The van der Waals surface area contributed by atoms with E-state index in [4.69, 9.17) is 0 Å². The van der Waals surface area contributed by atoms with E-state index in [0.717, 1.165) is 25.2 Å². The average molecular weight is 255 g/mol. The number of hydrogen-bond acceptors (Lipinski definition) is 4. The summed E-state index contributed by atoms with van der Waals surface area (Å²) < 4.78 is 25.0. The van der Waals surface area contributed by atoms with E-state index >= 15 is 0 Å². The number of rotatable bonds is 1. The second kappa shape index (κ2) is 3.81. The lowest BCUT2D eigenvalue weighted by atomic mass is 10.1. The Morgan fingerprint density at radius 3 is 3.00 bits per heavy atom. The fraction of sp³-hybridized carbons (Fsp3) is 0.727. The van der Waals surface area contributed by atoms with Gasteiger partial charge in [0.1, 0.15) is 0 Å². The van der Waals surface area contributed by atoms with Gasteiger partial charge in [0.15, 0.2) is 9.84 Å². The maximum Gasteiger partial charge on any atom is 0.152 e. The van der Waals surface area contributed by atoms with Crippen molar-refractivity contribution in [2.75, 3.05) is 18.1 Å². The maximum atomic E-state index is 11.5. The highest BCUT2D eigenvalue weighted by Gasteiger charge is 2.32. The summed E-state index contributed by atoms with van der Waals surface area (Å²) in [7, 11) is -2.84. The first-order valence-electron chi connectivity index (χ1n) is 6.05. The van der Waals surface area contributed by atoms with Crippen LogP contribution in [0.3, 0.4) is 0 Å². The van der Waals surface area contributed by atoms with Gasteiger partial charge in [-0.25, -0.2) is 8.42 Å². The normalized spacial score (nSPS) is 27.0. The summed E-state index contributed by atoms with van der Waals surface area (Å²) in [6.45, 7) is 3.82. The van der Waals surface area contributed by atoms with Crippen molar-refractivity contribution in [3.05, 3.63) is 17.0 Å². The highest BCUT2D eigenvalue weighted by atomic mass is 32.2. The second-order valence-electron chi connectivity index (χ2n) is 4.94. The van der Waals surface area contributed by atoms with Gasteiger partial charge >= 0.3 is 0 Å². The van der Waals surface area contributed by atoms with Crippen LogP contribution in [0, 0.1) is 6.92 Å². The van der Waals surface area contributed by atoms with Crippen LogP contribution in [0.5, 0.6) is 0 Å². The van der Waals surface area contributed by atoms with Crippen molar-refractivity contribution in [1.82, 2.24) is 15.1 Å². The topological polar surface area (TPSA) is 64.0 Å². The lowest BCUT2D eigenvalue weighted by Crippen LogP contribution is -2.27. The summed E-state index contributed by atoms with van der Waals surface area (Å²) in [6.07, 6.45) is 1.70. The molecule has 2 aliphatic heterocycles. The molecule has 94 valence electrons. The van der Waals surface area contributed by atoms with Gasteiger partial charge in [0.2, 0.25) is 0 Å². The van der Waals surface area contributed by atoms with Crippen molar-refractivity contribution < 1.29 is 8.42 Å². The molecule has 1 N–H and O–H groups in total. The number of nitrogens with zero attached hydrogens (tertiary/aromatic N) is 2. The molecule has 0 radical (unpaired) electrons. The zero-order valence-corrected chi connectivity index (χ0v) is 10.8. The lowest BCUT2D eigenvalue weighted by Gasteiger charge is -2.18. The molecule has 0 spiro atoms. The van der Waals surface area contributed by atoms with Gasteiger partial charge in [0, 0.05) is 6.54 Å². The third-order valence-corrected chi connectivity index (χ3v) is 5.47. The molecule has 1 atom stereocenters. The molecule has 1 aromatic rings. The van der Waals surface area contributed by atoms with E-state index in [1.807, 2.05) is 11.6 Å². The summed E-state index contributed by atoms with van der Waals surface area (Å²) in [5.41, 5.74) is 3.56. The summed E-state index contributed by atoms with van der Waals surface area (Å²) in [5.74, 6) is 0.555. The molecule has 1 aromatic heterocycles. The van der Waals surface area contributed by atoms with Gasteiger partial charge in [0.05, 0.1) is 28.9 Å². The second-order valence-corrected chi connectivity index (χ2v) is 7.17. The Balaban J connectivity index is 1.99. The molecule has 0 aliphatic carbocycles. The van der Waals surface area contributed by atoms with Crippen LogP contribution < -0.4 is 5.32 Å². The van der Waals surface area contributed by atoms with Gasteiger partial charge in [-0.2, -0.15) is 5.10 Å². The number of aromatic nitrogens is 2. The van der Waals surface area contributed by atoms with Crippen molar-refractivity contribution in [3.63, 3.8) is 0 Å². The number of fused-ring (bicyclic) bond motifs is 1. The summed E-state index contributed by atoms with van der Waals surface area (Å²) in [5, 5.41) is 7.88. The predicted octanol–water partition coefficient (Wildman–Crippen LogP) is 0.197. The molecule has 1 unspecified atom stereocenters. The molecule has 2 aliphatic rings. The molecule has 3 heterocycles. The predicted molar refractivity (Wildman–Crippen MR) is 64.7 cm³/mol. The summed E-state index contributed by atoms with van der Waals surface area (Å²) in [6, 6.07) is 0.0438. The van der Waals surface area contributed by atoms with Crippen LogP contribution in [0.2, 0.25) is 0 Å². The van der Waals surface area contributed by atoms with Gasteiger partial charge in [0.25, 0.3) is 0 Å². The molecule has 17 heavy (non-hydrogen) atoms. The Kier molecular flexibility index (Phi) is 2.52. The van der Waals surface area contributed by atoms with Gasteiger partial charge in [-0.1, -0.05) is 0 Å². The molecule has 0 bridgehead atoms. The SMILES string of the molecule is Cc1nn(C2CCS(=O)(=O)C2)c2c1CCNC2. The fourth-order valence-corrected chi connectivity index (χ4v) is 4.52. The van der Waals surface area contributed by atoms with Gasteiger partial charge < -0.3 is 5.32 Å². The van der Waals surface area contributed by atoms with Crippen LogP contribution in [0.25, 0.3) is 0 Å². The van der Waals surface area contributed by atoms with Crippen LogP contribution in [-0.2, 0) is 22.8 Å². The quantitative estimate of drug-likeness (QED) is 0.778. The molecule has 6 heteroatoms. The highest BCUT2D eigenvalue weighted by Crippen LogP contribution is 2.28. The van der Waals surface area contributed by atoms with E-state index in [2.05, 4.69) is 10.4 Å². The zero-order valence-electron chi connectivity index (χ0n) is 9.94. The van der Waals surface area contributed by atoms with Crippen LogP contribution in [-0.4, -0.2) is 36.2 Å². The largest absolute Gasteiger partial charge is 0.311 e. The summed E-state index contributed by atoms with van der Waals surface area (Å²) >= 11 is 0. The van der Waals surface area contributed by atoms with Gasteiger partial charge in [-0.05, 0) is 31.9 Å². The minimum absolute atomic E-state index is 0.0438. The van der Waals surface area contributed by atoms with Crippen LogP contribution >= 0.6 is 0 Å². The molecular weight excluding hydrogens is 238 g/mol. The van der Waals surface area contributed by atoms with E-state index in [-0.39, 0.29) is 11.8 Å². The number of sulfone groups is 1. The average Bonchev–Trinajstić information content (AvgIpc) is 2.81. The standard InChI is InChI=1S/C11H17N3O2S/c1-8-10-2-4-12-6-11(10)14(13-8)9-3-5-17(15,16)7-9/h9,12H,2-7H2,1H3. The van der Waals surface area contributed by atoms with Crippen molar-refractivity contribution in [2.45, 2.75) is 32.4 Å². The first-order valence-corrected chi connectivity index (χ1v) is 7.87. The van der Waals surface area contributed by atoms with Crippen molar-refractivity contribution >= 4 is 9.84 Å². The van der Waals surface area contributed by atoms with Crippen molar-refractivity contribution in [2.24, 2.45) is 0 Å². The minimum atomic E-state index is -2.84. The van der Waals surface area contributed by atoms with Gasteiger partial charge in [-0.3, -0.25) is 4.68 Å². The van der Waals surface area contributed by atoms with Crippen LogP contribution in [0.1, 0.15) is 29.4 Å². The van der Waals surface area contributed by atoms with E-state index in [9.17, 15) is 8.42 Å². The molecule has 3 rings (SSSR count). The Hall–Kier alpha value is -0.880. The highest BCUT2D eigenvalue weighted by molar-refractivity contribution is 7.91. The third-order valence-electron chi connectivity index (χ3n) is 3.72. The molecule has 0 amide bonds.